The quantitative estimate of drug-likeness (QED) is 0.740. The molecule has 7 nitrogen and oxygen atoms in total. The summed E-state index contributed by atoms with van der Waals surface area (Å²) < 4.78 is 11.1. The molecule has 3 aliphatic rings. The van der Waals surface area contributed by atoms with Gasteiger partial charge in [-0.2, -0.15) is 5.26 Å². The molecular weight excluding hydrogens is 406 g/mol. The third-order valence-corrected chi connectivity index (χ3v) is 7.07. The Balaban J connectivity index is 2.02. The number of carbonyl (C=O) groups is 1. The van der Waals surface area contributed by atoms with E-state index in [9.17, 15) is 14.9 Å². The van der Waals surface area contributed by atoms with E-state index in [2.05, 4.69) is 19.1 Å². The highest BCUT2D eigenvalue weighted by Crippen LogP contribution is 2.60. The van der Waals surface area contributed by atoms with Crippen molar-refractivity contribution in [1.29, 1.82) is 5.26 Å². The Hall–Kier alpha value is -3.53. The number of fused-ring (bicyclic) bond motifs is 3. The first-order valence-corrected chi connectivity index (χ1v) is 10.8. The van der Waals surface area contributed by atoms with Crippen molar-refractivity contribution < 1.29 is 13.9 Å². The number of benzene rings is 1. The van der Waals surface area contributed by atoms with E-state index in [0.717, 1.165) is 29.7 Å². The van der Waals surface area contributed by atoms with Gasteiger partial charge in [-0.05, 0) is 50.7 Å². The molecule has 3 aliphatic heterocycles. The van der Waals surface area contributed by atoms with Crippen molar-refractivity contribution in [3.8, 4) is 11.8 Å². The number of rotatable bonds is 1. The second kappa shape index (κ2) is 6.26. The van der Waals surface area contributed by atoms with Crippen LogP contribution in [0, 0.1) is 18.3 Å². The summed E-state index contributed by atoms with van der Waals surface area (Å²) in [7, 11) is 0. The molecular formula is C25H25N3O4. The molecule has 2 N–H and O–H groups in total. The van der Waals surface area contributed by atoms with Crippen LogP contribution in [0.2, 0.25) is 0 Å². The fraction of sp³-hybridized carbons (Fsp3) is 0.400. The van der Waals surface area contributed by atoms with Gasteiger partial charge in [0, 0.05) is 17.2 Å². The van der Waals surface area contributed by atoms with Gasteiger partial charge in [-0.15, -0.1) is 0 Å². The zero-order valence-electron chi connectivity index (χ0n) is 18.8. The number of anilines is 1. The number of nitrogens with two attached hydrogens (primary N) is 1. The van der Waals surface area contributed by atoms with Crippen molar-refractivity contribution in [3.05, 3.63) is 68.1 Å². The van der Waals surface area contributed by atoms with E-state index in [1.807, 2.05) is 26.8 Å². The smallest absolute Gasteiger partial charge is 0.344 e. The van der Waals surface area contributed by atoms with Crippen molar-refractivity contribution in [1.82, 2.24) is 0 Å². The maximum Gasteiger partial charge on any atom is 0.344 e. The Kier molecular flexibility index (Phi) is 3.98. The summed E-state index contributed by atoms with van der Waals surface area (Å²) >= 11 is 0. The predicted octanol–water partition coefficient (Wildman–Crippen LogP) is 3.52. The molecule has 32 heavy (non-hydrogen) atoms. The largest absolute Gasteiger partial charge is 0.440 e. The van der Waals surface area contributed by atoms with Crippen LogP contribution >= 0.6 is 0 Å². The van der Waals surface area contributed by atoms with Crippen molar-refractivity contribution in [2.75, 3.05) is 4.90 Å². The van der Waals surface area contributed by atoms with Gasteiger partial charge in [-0.1, -0.05) is 26.0 Å². The molecule has 4 heterocycles. The fourth-order valence-corrected chi connectivity index (χ4v) is 5.85. The Labute approximate surface area is 186 Å². The minimum atomic E-state index is -1.70. The van der Waals surface area contributed by atoms with E-state index < -0.39 is 16.6 Å². The third kappa shape index (κ3) is 2.24. The van der Waals surface area contributed by atoms with Crippen LogP contribution in [0.5, 0.6) is 5.75 Å². The van der Waals surface area contributed by atoms with E-state index in [4.69, 9.17) is 14.9 Å². The Bertz CT molecular complexity index is 1340. The number of ether oxygens (including phenoxy) is 1. The number of hydrogen-bond acceptors (Lipinski definition) is 6. The van der Waals surface area contributed by atoms with E-state index in [-0.39, 0.29) is 34.6 Å². The molecule has 7 heteroatoms. The first-order chi connectivity index (χ1) is 15.1. The molecule has 1 aromatic heterocycles. The topological polar surface area (TPSA) is 110 Å². The van der Waals surface area contributed by atoms with Crippen molar-refractivity contribution >= 4 is 11.6 Å². The molecule has 0 bridgehead atoms. The first-order valence-electron chi connectivity index (χ1n) is 10.8. The molecule has 0 unspecified atom stereocenters. The molecule has 2 atom stereocenters. The molecule has 0 radical (unpaired) electrons. The maximum atomic E-state index is 14.4. The van der Waals surface area contributed by atoms with Crippen LogP contribution in [0.15, 0.2) is 38.9 Å². The highest BCUT2D eigenvalue weighted by molar-refractivity contribution is 6.16. The van der Waals surface area contributed by atoms with Crippen molar-refractivity contribution in [2.45, 2.75) is 64.3 Å². The standard InChI is InChI=1S/C25H25N3O4/c1-6-14-8-15-12(2)10-24(4,5)28-20(15)16(9-14)25(23(28)30)17(11-26)21(27)32-18-7-13(3)31-22(29)19(18)25/h7-9,12H,6,10,27H2,1-5H3/t12-,25-/m0/s1. The zero-order chi connectivity index (χ0) is 23.2. The molecule has 1 amide bonds. The summed E-state index contributed by atoms with van der Waals surface area (Å²) in [5, 5.41) is 10.2. The number of carbonyl (C=O) groups excluding carboxylic acids is 1. The molecule has 164 valence electrons. The minimum absolute atomic E-state index is 0.0205. The van der Waals surface area contributed by atoms with Gasteiger partial charge in [0.15, 0.2) is 5.41 Å². The molecule has 0 saturated heterocycles. The van der Waals surface area contributed by atoms with Gasteiger partial charge in [0.2, 0.25) is 11.8 Å². The molecule has 5 rings (SSSR count). The van der Waals surface area contributed by atoms with Gasteiger partial charge >= 0.3 is 5.63 Å². The van der Waals surface area contributed by atoms with Crippen LogP contribution in [-0.2, 0) is 16.6 Å². The molecule has 0 fully saturated rings. The van der Waals surface area contributed by atoms with E-state index in [0.29, 0.717) is 11.3 Å². The molecule has 1 aromatic carbocycles. The lowest BCUT2D eigenvalue weighted by atomic mass is 9.68. The van der Waals surface area contributed by atoms with Gasteiger partial charge in [0.25, 0.3) is 0 Å². The number of aryl methyl sites for hydroxylation is 2. The lowest BCUT2D eigenvalue weighted by Crippen LogP contribution is -2.55. The summed E-state index contributed by atoms with van der Waals surface area (Å²) in [4.78, 5) is 29.5. The second-order valence-corrected chi connectivity index (χ2v) is 9.58. The van der Waals surface area contributed by atoms with E-state index in [1.165, 1.54) is 0 Å². The first kappa shape index (κ1) is 20.4. The third-order valence-electron chi connectivity index (χ3n) is 7.07. The highest BCUT2D eigenvalue weighted by atomic mass is 16.5. The Morgan fingerprint density at radius 2 is 2.00 bits per heavy atom. The maximum absolute atomic E-state index is 14.4. The van der Waals surface area contributed by atoms with Gasteiger partial charge in [0.05, 0.1) is 5.69 Å². The lowest BCUT2D eigenvalue weighted by Gasteiger charge is -2.44. The van der Waals surface area contributed by atoms with Crippen LogP contribution in [-0.4, -0.2) is 11.4 Å². The predicted molar refractivity (Wildman–Crippen MR) is 118 cm³/mol. The lowest BCUT2D eigenvalue weighted by molar-refractivity contribution is -0.122. The fourth-order valence-electron chi connectivity index (χ4n) is 5.85. The monoisotopic (exact) mass is 431 g/mol. The van der Waals surface area contributed by atoms with Gasteiger partial charge < -0.3 is 19.8 Å². The molecule has 1 spiro atoms. The Morgan fingerprint density at radius 3 is 2.66 bits per heavy atom. The normalized spacial score (nSPS) is 24.8. The molecule has 2 aromatic rings. The minimum Gasteiger partial charge on any atom is -0.440 e. The SMILES string of the molecule is CCc1cc2c3c(c1)[C@]1(C(=O)N3C(C)(C)C[C@@H]2C)C(C#N)=C(N)Oc2cc(C)oc(=O)c21. The van der Waals surface area contributed by atoms with Crippen LogP contribution in [0.25, 0.3) is 0 Å². The van der Waals surface area contributed by atoms with Crippen molar-refractivity contribution in [3.63, 3.8) is 0 Å². The van der Waals surface area contributed by atoms with Gasteiger partial charge in [0.1, 0.15) is 28.7 Å². The van der Waals surface area contributed by atoms with E-state index in [1.54, 1.807) is 17.9 Å². The van der Waals surface area contributed by atoms with Gasteiger partial charge in [-0.25, -0.2) is 4.79 Å². The van der Waals surface area contributed by atoms with E-state index >= 15 is 0 Å². The highest BCUT2D eigenvalue weighted by Gasteiger charge is 2.64. The summed E-state index contributed by atoms with van der Waals surface area (Å²) in [6.45, 7) is 9.84. The second-order valence-electron chi connectivity index (χ2n) is 9.58. The zero-order valence-corrected chi connectivity index (χ0v) is 18.8. The summed E-state index contributed by atoms with van der Waals surface area (Å²) in [5.74, 6) is 0.162. The van der Waals surface area contributed by atoms with Crippen LogP contribution in [0.4, 0.5) is 5.69 Å². The number of nitrogens with zero attached hydrogens (tertiary/aromatic N) is 2. The van der Waals surface area contributed by atoms with Crippen LogP contribution < -0.4 is 21.0 Å². The van der Waals surface area contributed by atoms with Crippen molar-refractivity contribution in [2.24, 2.45) is 5.73 Å². The number of amides is 1. The van der Waals surface area contributed by atoms with Gasteiger partial charge in [-0.3, -0.25) is 4.79 Å². The molecule has 0 saturated carbocycles. The summed E-state index contributed by atoms with van der Waals surface area (Å²) in [6.07, 6.45) is 1.50. The Morgan fingerprint density at radius 1 is 1.28 bits per heavy atom. The summed E-state index contributed by atoms with van der Waals surface area (Å²) in [6, 6.07) is 7.72. The number of nitriles is 1. The summed E-state index contributed by atoms with van der Waals surface area (Å²) in [5.41, 5.74) is 6.70. The van der Waals surface area contributed by atoms with Crippen LogP contribution in [0.1, 0.15) is 68.0 Å². The number of hydrogen-bond donors (Lipinski definition) is 1. The average Bonchev–Trinajstić information content (AvgIpc) is 2.95. The average molecular weight is 431 g/mol. The molecule has 0 aliphatic carbocycles. The van der Waals surface area contributed by atoms with Crippen LogP contribution in [0.3, 0.4) is 0 Å².